The van der Waals surface area contributed by atoms with Gasteiger partial charge in [0.2, 0.25) is 11.8 Å². The molecule has 3 aromatic rings. The van der Waals surface area contributed by atoms with Crippen molar-refractivity contribution in [1.29, 1.82) is 0 Å². The molecule has 0 aliphatic heterocycles. The van der Waals surface area contributed by atoms with Gasteiger partial charge < -0.3 is 29.7 Å². The van der Waals surface area contributed by atoms with Gasteiger partial charge in [0.15, 0.2) is 0 Å². The van der Waals surface area contributed by atoms with Crippen LogP contribution < -0.4 is 24.8 Å². The van der Waals surface area contributed by atoms with E-state index < -0.39 is 17.7 Å². The summed E-state index contributed by atoms with van der Waals surface area (Å²) in [7, 11) is 4.54. The van der Waals surface area contributed by atoms with Gasteiger partial charge in [0, 0.05) is 18.3 Å². The van der Waals surface area contributed by atoms with E-state index in [9.17, 15) is 14.4 Å². The predicted molar refractivity (Wildman–Crippen MR) is 135 cm³/mol. The average molecular weight is 492 g/mol. The third-order valence-electron chi connectivity index (χ3n) is 5.30. The molecule has 9 nitrogen and oxygen atoms in total. The smallest absolute Gasteiger partial charge is 0.258 e. The number of carbonyl (C=O) groups excluding carboxylic acids is 3. The summed E-state index contributed by atoms with van der Waals surface area (Å²) in [5.41, 5.74) is 1.71. The Morgan fingerprint density at radius 1 is 0.778 bits per heavy atom. The molecule has 36 heavy (non-hydrogen) atoms. The molecular weight excluding hydrogens is 462 g/mol. The molecule has 0 bridgehead atoms. The molecule has 0 atom stereocenters. The van der Waals surface area contributed by atoms with Crippen molar-refractivity contribution >= 4 is 23.4 Å². The first-order valence-corrected chi connectivity index (χ1v) is 11.2. The molecule has 0 unspecified atom stereocenters. The molecule has 0 saturated heterocycles. The highest BCUT2D eigenvalue weighted by Crippen LogP contribution is 2.26. The minimum Gasteiger partial charge on any atom is -0.497 e. The highest BCUT2D eigenvalue weighted by molar-refractivity contribution is 6.00. The summed E-state index contributed by atoms with van der Waals surface area (Å²) >= 11 is 0. The quantitative estimate of drug-likeness (QED) is 0.427. The average Bonchev–Trinajstić information content (AvgIpc) is 2.91. The third kappa shape index (κ3) is 7.23. The fourth-order valence-corrected chi connectivity index (χ4v) is 3.44. The van der Waals surface area contributed by atoms with Gasteiger partial charge in [-0.3, -0.25) is 14.4 Å². The number of nitrogens with one attached hydrogen (secondary N) is 2. The van der Waals surface area contributed by atoms with Gasteiger partial charge in [-0.25, -0.2) is 0 Å². The highest BCUT2D eigenvalue weighted by atomic mass is 16.5. The molecule has 188 valence electrons. The number of nitrogens with zero attached hydrogens (tertiary/aromatic N) is 1. The van der Waals surface area contributed by atoms with Crippen molar-refractivity contribution in [3.8, 4) is 17.2 Å². The third-order valence-corrected chi connectivity index (χ3v) is 5.30. The molecule has 3 aromatic carbocycles. The Morgan fingerprint density at radius 3 is 2.08 bits per heavy atom. The van der Waals surface area contributed by atoms with Crippen LogP contribution in [-0.2, 0) is 16.1 Å². The SMILES string of the molecule is COc1ccc(NC(=O)CNC(=O)CN(Cc2ccccc2)C(=O)c2ccc(OC)cc2OC)cc1. The standard InChI is InChI=1S/C27H29N3O6/c1-34-21-11-9-20(10-12-21)29-25(31)16-28-26(32)18-30(17-19-7-5-4-6-8-19)27(33)23-14-13-22(35-2)15-24(23)36-3/h4-15H,16-18H2,1-3H3,(H,28,32)(H,29,31). The van der Waals surface area contributed by atoms with Crippen molar-refractivity contribution in [2.24, 2.45) is 0 Å². The zero-order valence-corrected chi connectivity index (χ0v) is 20.4. The number of carbonyl (C=O) groups is 3. The molecule has 0 saturated carbocycles. The van der Waals surface area contributed by atoms with Crippen LogP contribution >= 0.6 is 0 Å². The first-order valence-electron chi connectivity index (χ1n) is 11.2. The second-order valence-corrected chi connectivity index (χ2v) is 7.77. The van der Waals surface area contributed by atoms with Crippen LogP contribution in [0.2, 0.25) is 0 Å². The molecular formula is C27H29N3O6. The Bertz CT molecular complexity index is 1180. The van der Waals surface area contributed by atoms with Crippen molar-refractivity contribution in [1.82, 2.24) is 10.2 Å². The number of amides is 3. The van der Waals surface area contributed by atoms with Crippen LogP contribution in [0.4, 0.5) is 5.69 Å². The van der Waals surface area contributed by atoms with Gasteiger partial charge in [0.05, 0.1) is 33.4 Å². The maximum Gasteiger partial charge on any atom is 0.258 e. The van der Waals surface area contributed by atoms with E-state index in [0.29, 0.717) is 28.5 Å². The maximum absolute atomic E-state index is 13.4. The highest BCUT2D eigenvalue weighted by Gasteiger charge is 2.23. The number of hydrogen-bond donors (Lipinski definition) is 2. The monoisotopic (exact) mass is 491 g/mol. The number of rotatable bonds is 11. The lowest BCUT2D eigenvalue weighted by Gasteiger charge is -2.23. The van der Waals surface area contributed by atoms with E-state index in [2.05, 4.69) is 10.6 Å². The maximum atomic E-state index is 13.4. The van der Waals surface area contributed by atoms with Crippen LogP contribution in [0.25, 0.3) is 0 Å². The molecule has 0 aliphatic carbocycles. The van der Waals surface area contributed by atoms with Crippen LogP contribution in [0.1, 0.15) is 15.9 Å². The molecule has 0 fully saturated rings. The van der Waals surface area contributed by atoms with E-state index in [1.165, 1.54) is 19.1 Å². The molecule has 2 N–H and O–H groups in total. The lowest BCUT2D eigenvalue weighted by molar-refractivity contribution is -0.124. The molecule has 0 radical (unpaired) electrons. The normalized spacial score (nSPS) is 10.2. The molecule has 0 heterocycles. The number of ether oxygens (including phenoxy) is 3. The number of hydrogen-bond acceptors (Lipinski definition) is 6. The Hall–Kier alpha value is -4.53. The molecule has 3 rings (SSSR count). The van der Waals surface area contributed by atoms with Gasteiger partial charge in [-0.05, 0) is 42.0 Å². The molecule has 3 amide bonds. The topological polar surface area (TPSA) is 106 Å². The van der Waals surface area contributed by atoms with Crippen LogP contribution in [0.15, 0.2) is 72.8 Å². The van der Waals surface area contributed by atoms with E-state index in [4.69, 9.17) is 14.2 Å². The van der Waals surface area contributed by atoms with Crippen molar-refractivity contribution in [2.75, 3.05) is 39.7 Å². The molecule has 9 heteroatoms. The summed E-state index contributed by atoms with van der Waals surface area (Å²) in [6.07, 6.45) is 0. The summed E-state index contributed by atoms with van der Waals surface area (Å²) < 4.78 is 15.7. The minimum atomic E-state index is -0.475. The van der Waals surface area contributed by atoms with Gasteiger partial charge in [0.1, 0.15) is 23.8 Å². The lowest BCUT2D eigenvalue weighted by Crippen LogP contribution is -2.42. The van der Waals surface area contributed by atoms with Gasteiger partial charge in [-0.2, -0.15) is 0 Å². The largest absolute Gasteiger partial charge is 0.497 e. The second kappa shape index (κ2) is 12.8. The summed E-state index contributed by atoms with van der Waals surface area (Å²) in [4.78, 5) is 39.8. The number of anilines is 1. The van der Waals surface area contributed by atoms with Crippen molar-refractivity contribution in [3.05, 3.63) is 83.9 Å². The zero-order valence-electron chi connectivity index (χ0n) is 20.4. The van der Waals surface area contributed by atoms with Crippen LogP contribution in [0.3, 0.4) is 0 Å². The van der Waals surface area contributed by atoms with Gasteiger partial charge in [-0.15, -0.1) is 0 Å². The van der Waals surface area contributed by atoms with E-state index in [1.54, 1.807) is 49.6 Å². The van der Waals surface area contributed by atoms with E-state index in [-0.39, 0.29) is 19.6 Å². The Kier molecular flexibility index (Phi) is 9.27. The van der Waals surface area contributed by atoms with Gasteiger partial charge in [0.25, 0.3) is 5.91 Å². The lowest BCUT2D eigenvalue weighted by atomic mass is 10.1. The second-order valence-electron chi connectivity index (χ2n) is 7.77. The van der Waals surface area contributed by atoms with Crippen LogP contribution in [0, 0.1) is 0 Å². The predicted octanol–water partition coefficient (Wildman–Crippen LogP) is 3.11. The van der Waals surface area contributed by atoms with E-state index >= 15 is 0 Å². The first kappa shape index (κ1) is 26.1. The summed E-state index contributed by atoms with van der Waals surface area (Å²) in [5.74, 6) is 0.271. The van der Waals surface area contributed by atoms with Crippen molar-refractivity contribution in [3.63, 3.8) is 0 Å². The summed E-state index contributed by atoms with van der Waals surface area (Å²) in [6, 6.07) is 21.0. The molecule has 0 aliphatic rings. The molecule has 0 aromatic heterocycles. The fourth-order valence-electron chi connectivity index (χ4n) is 3.44. The number of benzene rings is 3. The Balaban J connectivity index is 1.68. The summed E-state index contributed by atoms with van der Waals surface area (Å²) in [6.45, 7) is -0.302. The van der Waals surface area contributed by atoms with Gasteiger partial charge >= 0.3 is 0 Å². The Labute approximate surface area is 210 Å². The number of methoxy groups -OCH3 is 3. The van der Waals surface area contributed by atoms with Gasteiger partial charge in [-0.1, -0.05) is 30.3 Å². The minimum absolute atomic E-state index is 0.195. The zero-order chi connectivity index (χ0) is 25.9. The van der Waals surface area contributed by atoms with E-state index in [0.717, 1.165) is 5.56 Å². The Morgan fingerprint density at radius 2 is 1.44 bits per heavy atom. The summed E-state index contributed by atoms with van der Waals surface area (Å²) in [5, 5.41) is 5.27. The first-order chi connectivity index (χ1) is 17.4. The van der Waals surface area contributed by atoms with E-state index in [1.807, 2.05) is 30.3 Å². The van der Waals surface area contributed by atoms with Crippen LogP contribution in [-0.4, -0.2) is 57.0 Å². The van der Waals surface area contributed by atoms with Crippen molar-refractivity contribution < 1.29 is 28.6 Å². The van der Waals surface area contributed by atoms with Crippen LogP contribution in [0.5, 0.6) is 17.2 Å². The molecule has 0 spiro atoms. The van der Waals surface area contributed by atoms with Crippen molar-refractivity contribution in [2.45, 2.75) is 6.54 Å². The fraction of sp³-hybridized carbons (Fsp3) is 0.222.